The van der Waals surface area contributed by atoms with E-state index in [9.17, 15) is 22.0 Å². The van der Waals surface area contributed by atoms with Gasteiger partial charge in [0, 0.05) is 50.0 Å². The molecule has 0 bridgehead atoms. The maximum Gasteiger partial charge on any atom is 0.269 e. The minimum atomic E-state index is -3.66. The van der Waals surface area contributed by atoms with Crippen molar-refractivity contribution in [1.82, 2.24) is 28.6 Å². The number of sulfonamides is 1. The van der Waals surface area contributed by atoms with E-state index in [2.05, 4.69) is 20.4 Å². The Hall–Kier alpha value is -2.93. The molecule has 1 aliphatic carbocycles. The Morgan fingerprint density at radius 1 is 1.11 bits per heavy atom. The summed E-state index contributed by atoms with van der Waals surface area (Å²) in [5.74, 6) is 0.294. The molecule has 3 aromatic heterocycles. The number of nitrogens with zero attached hydrogens (tertiary/aromatic N) is 6. The van der Waals surface area contributed by atoms with Gasteiger partial charge in [-0.05, 0) is 37.8 Å². The summed E-state index contributed by atoms with van der Waals surface area (Å²) in [6.07, 6.45) is 5.69. The fraction of sp³-hybridized carbons (Fsp3) is 0.565. The fourth-order valence-electron chi connectivity index (χ4n) is 5.13. The monoisotopic (exact) mass is 521 g/mol. The predicted molar refractivity (Wildman–Crippen MR) is 129 cm³/mol. The first-order chi connectivity index (χ1) is 17.2. The Bertz CT molecular complexity index is 1410. The molecule has 0 amide bonds. The fourth-order valence-corrected chi connectivity index (χ4v) is 6.55. The van der Waals surface area contributed by atoms with E-state index < -0.39 is 27.6 Å². The molecule has 4 heterocycles. The largest absolute Gasteiger partial charge is 0.351 e. The highest BCUT2D eigenvalue weighted by Gasteiger charge is 2.31. The first-order valence-electron chi connectivity index (χ1n) is 12.2. The summed E-state index contributed by atoms with van der Waals surface area (Å²) >= 11 is 0. The lowest BCUT2D eigenvalue weighted by Gasteiger charge is -2.31. The van der Waals surface area contributed by atoms with E-state index in [1.807, 2.05) is 0 Å². The van der Waals surface area contributed by atoms with E-state index in [0.29, 0.717) is 42.9 Å². The number of hydrogen-bond acceptors (Lipinski definition) is 7. The van der Waals surface area contributed by atoms with Crippen LogP contribution in [0.2, 0.25) is 0 Å². The van der Waals surface area contributed by atoms with Gasteiger partial charge in [-0.3, -0.25) is 14.0 Å². The molecule has 0 atom stereocenters. The summed E-state index contributed by atoms with van der Waals surface area (Å²) in [6.45, 7) is 0.628. The second-order valence-corrected chi connectivity index (χ2v) is 11.4. The lowest BCUT2D eigenvalue weighted by Crippen LogP contribution is -2.42. The van der Waals surface area contributed by atoms with E-state index >= 15 is 0 Å². The van der Waals surface area contributed by atoms with Crippen LogP contribution in [-0.4, -0.2) is 56.2 Å². The molecule has 13 heteroatoms. The molecule has 10 nitrogen and oxygen atoms in total. The SMILES string of the molecule is Cn1ccc(S(=O)(=O)N2CCC(Nc3ncc4cc(C(F)F)c(=O)n(C5CCCCC5)c4n3)CC2)n1. The number of alkyl halides is 2. The van der Waals surface area contributed by atoms with Crippen molar-refractivity contribution in [2.24, 2.45) is 7.05 Å². The summed E-state index contributed by atoms with van der Waals surface area (Å²) in [4.78, 5) is 21.9. The van der Waals surface area contributed by atoms with Crippen molar-refractivity contribution in [2.75, 3.05) is 18.4 Å². The molecule has 5 rings (SSSR count). The minimum Gasteiger partial charge on any atom is -0.351 e. The topological polar surface area (TPSA) is 115 Å². The molecule has 0 radical (unpaired) electrons. The standard InChI is InChI=1S/C23H29F2N7O3S/c1-30-10-9-19(29-30)36(34,35)31-11-7-16(8-12-31)27-23-26-14-15-13-18(20(24)25)22(33)32(21(15)28-23)17-5-3-2-4-6-17/h9-10,13-14,16-17,20H,2-8,11-12H2,1H3,(H,26,27,28). The third-order valence-electron chi connectivity index (χ3n) is 7.06. The molecule has 0 aromatic carbocycles. The van der Waals surface area contributed by atoms with Crippen LogP contribution in [0.25, 0.3) is 11.0 Å². The normalized spacial score (nSPS) is 18.8. The number of pyridine rings is 1. The van der Waals surface area contributed by atoms with Crippen molar-refractivity contribution in [2.45, 2.75) is 68.5 Å². The number of halogens is 2. The zero-order valence-corrected chi connectivity index (χ0v) is 20.8. The van der Waals surface area contributed by atoms with Gasteiger partial charge in [0.2, 0.25) is 5.95 Å². The van der Waals surface area contributed by atoms with Crippen molar-refractivity contribution >= 4 is 27.0 Å². The van der Waals surface area contributed by atoms with Crippen LogP contribution in [0.1, 0.15) is 63.0 Å². The average molecular weight is 522 g/mol. The number of aromatic nitrogens is 5. The number of nitrogens with one attached hydrogen (secondary N) is 1. The lowest BCUT2D eigenvalue weighted by atomic mass is 9.95. The Morgan fingerprint density at radius 3 is 2.47 bits per heavy atom. The van der Waals surface area contributed by atoms with Crippen molar-refractivity contribution in [3.63, 3.8) is 0 Å². The van der Waals surface area contributed by atoms with E-state index in [4.69, 9.17) is 0 Å². The van der Waals surface area contributed by atoms with Crippen LogP contribution in [0.3, 0.4) is 0 Å². The molecule has 3 aromatic rings. The van der Waals surface area contributed by atoms with Gasteiger partial charge in [0.05, 0.1) is 5.56 Å². The molecule has 0 unspecified atom stereocenters. The van der Waals surface area contributed by atoms with Gasteiger partial charge in [0.1, 0.15) is 5.65 Å². The Labute approximate surface area is 207 Å². The average Bonchev–Trinajstić information content (AvgIpc) is 3.31. The van der Waals surface area contributed by atoms with Gasteiger partial charge in [0.15, 0.2) is 5.03 Å². The first kappa shape index (κ1) is 24.8. The third-order valence-corrected chi connectivity index (χ3v) is 8.85. The molecule has 0 spiro atoms. The molecular formula is C23H29F2N7O3S. The highest BCUT2D eigenvalue weighted by Crippen LogP contribution is 2.31. The Morgan fingerprint density at radius 2 is 1.83 bits per heavy atom. The number of hydrogen-bond donors (Lipinski definition) is 1. The lowest BCUT2D eigenvalue weighted by molar-refractivity contribution is 0.148. The number of fused-ring (bicyclic) bond motifs is 1. The molecule has 36 heavy (non-hydrogen) atoms. The molecule has 1 saturated heterocycles. The molecule has 1 saturated carbocycles. The third kappa shape index (κ3) is 4.73. The minimum absolute atomic E-state index is 0.0260. The number of rotatable bonds is 6. The molecule has 1 aliphatic heterocycles. The molecule has 2 fully saturated rings. The van der Waals surface area contributed by atoms with Gasteiger partial charge in [-0.2, -0.15) is 14.4 Å². The summed E-state index contributed by atoms with van der Waals surface area (Å²) in [5, 5.41) is 7.70. The van der Waals surface area contributed by atoms with Gasteiger partial charge in [-0.1, -0.05) is 19.3 Å². The maximum atomic E-state index is 13.6. The van der Waals surface area contributed by atoms with Crippen molar-refractivity contribution < 1.29 is 17.2 Å². The predicted octanol–water partition coefficient (Wildman–Crippen LogP) is 3.23. The van der Waals surface area contributed by atoms with Crippen LogP contribution in [0, 0.1) is 0 Å². The van der Waals surface area contributed by atoms with Crippen LogP contribution in [0.15, 0.2) is 34.3 Å². The van der Waals surface area contributed by atoms with E-state index in [1.165, 1.54) is 31.9 Å². The van der Waals surface area contributed by atoms with Crippen LogP contribution >= 0.6 is 0 Å². The summed E-state index contributed by atoms with van der Waals surface area (Å²) in [7, 11) is -1.99. The summed E-state index contributed by atoms with van der Waals surface area (Å²) < 4.78 is 57.2. The van der Waals surface area contributed by atoms with Gasteiger partial charge in [-0.25, -0.2) is 22.2 Å². The Kier molecular flexibility index (Phi) is 6.77. The zero-order chi connectivity index (χ0) is 25.4. The van der Waals surface area contributed by atoms with Gasteiger partial charge < -0.3 is 5.32 Å². The van der Waals surface area contributed by atoms with Gasteiger partial charge in [-0.15, -0.1) is 0 Å². The second-order valence-electron chi connectivity index (χ2n) is 9.49. The summed E-state index contributed by atoms with van der Waals surface area (Å²) in [6, 6.07) is 2.42. The molecule has 194 valence electrons. The van der Waals surface area contributed by atoms with Gasteiger partial charge >= 0.3 is 0 Å². The second kappa shape index (κ2) is 9.85. The van der Waals surface area contributed by atoms with E-state index in [0.717, 1.165) is 32.1 Å². The van der Waals surface area contributed by atoms with Crippen LogP contribution in [-0.2, 0) is 17.1 Å². The highest BCUT2D eigenvalue weighted by molar-refractivity contribution is 7.89. The van der Waals surface area contributed by atoms with Crippen LogP contribution < -0.4 is 10.9 Å². The van der Waals surface area contributed by atoms with Gasteiger partial charge in [0.25, 0.3) is 22.0 Å². The smallest absolute Gasteiger partial charge is 0.269 e. The van der Waals surface area contributed by atoms with Crippen molar-refractivity contribution in [3.8, 4) is 0 Å². The summed E-state index contributed by atoms with van der Waals surface area (Å²) in [5.41, 5.74) is -0.870. The zero-order valence-electron chi connectivity index (χ0n) is 20.0. The molecule has 2 aliphatic rings. The van der Waals surface area contributed by atoms with Crippen LogP contribution in [0.4, 0.5) is 14.7 Å². The quantitative estimate of drug-likeness (QED) is 0.530. The number of piperidine rings is 1. The Balaban J connectivity index is 1.37. The van der Waals surface area contributed by atoms with Crippen molar-refractivity contribution in [1.29, 1.82) is 0 Å². The molecule has 1 N–H and O–H groups in total. The van der Waals surface area contributed by atoms with Crippen LogP contribution in [0.5, 0.6) is 0 Å². The number of aryl methyl sites for hydroxylation is 1. The highest BCUT2D eigenvalue weighted by atomic mass is 32.2. The maximum absolute atomic E-state index is 13.6. The van der Waals surface area contributed by atoms with Crippen molar-refractivity contribution in [3.05, 3.63) is 40.4 Å². The van der Waals surface area contributed by atoms with E-state index in [1.54, 1.807) is 13.2 Å². The molecular weight excluding hydrogens is 492 g/mol. The number of anilines is 1. The van der Waals surface area contributed by atoms with E-state index in [-0.39, 0.29) is 17.1 Å². The first-order valence-corrected chi connectivity index (χ1v) is 13.6.